The first-order valence-electron chi connectivity index (χ1n) is 8.62. The van der Waals surface area contributed by atoms with E-state index in [1.165, 1.54) is 25.7 Å². The van der Waals surface area contributed by atoms with E-state index in [0.717, 1.165) is 31.1 Å². The van der Waals surface area contributed by atoms with Crippen LogP contribution in [-0.4, -0.2) is 28.7 Å². The second-order valence-electron chi connectivity index (χ2n) is 6.56. The SMILES string of the molecule is CCC(CC)C1CC(Nc2cc(Cl)nc(C3CC3)n2)CCO1. The molecule has 0 amide bonds. The predicted molar refractivity (Wildman–Crippen MR) is 89.5 cm³/mol. The number of hydrogen-bond acceptors (Lipinski definition) is 4. The van der Waals surface area contributed by atoms with Crippen LogP contribution in [0.5, 0.6) is 0 Å². The van der Waals surface area contributed by atoms with Crippen molar-refractivity contribution in [3.63, 3.8) is 0 Å². The normalized spacial score (nSPS) is 25.5. The summed E-state index contributed by atoms with van der Waals surface area (Å²) < 4.78 is 5.99. The van der Waals surface area contributed by atoms with Gasteiger partial charge in [-0.2, -0.15) is 0 Å². The summed E-state index contributed by atoms with van der Waals surface area (Å²) in [5, 5.41) is 4.11. The quantitative estimate of drug-likeness (QED) is 0.788. The number of anilines is 1. The van der Waals surface area contributed by atoms with Gasteiger partial charge in [0, 0.05) is 24.6 Å². The fourth-order valence-electron chi connectivity index (χ4n) is 3.34. The van der Waals surface area contributed by atoms with Crippen molar-refractivity contribution in [2.45, 2.75) is 70.4 Å². The molecule has 1 aromatic rings. The summed E-state index contributed by atoms with van der Waals surface area (Å²) in [6.45, 7) is 5.33. The maximum Gasteiger partial charge on any atom is 0.135 e. The molecule has 1 N–H and O–H groups in total. The van der Waals surface area contributed by atoms with Gasteiger partial charge in [-0.25, -0.2) is 9.97 Å². The number of nitrogens with zero attached hydrogens (tertiary/aromatic N) is 2. The van der Waals surface area contributed by atoms with Crippen LogP contribution < -0.4 is 5.32 Å². The second kappa shape index (κ2) is 7.14. The van der Waals surface area contributed by atoms with E-state index in [-0.39, 0.29) is 0 Å². The lowest BCUT2D eigenvalue weighted by molar-refractivity contribution is -0.0271. The number of nitrogens with one attached hydrogen (secondary N) is 1. The first-order valence-corrected chi connectivity index (χ1v) is 9.00. The number of ether oxygens (including phenoxy) is 1. The highest BCUT2D eigenvalue weighted by atomic mass is 35.5. The van der Waals surface area contributed by atoms with Crippen LogP contribution in [-0.2, 0) is 4.74 Å². The summed E-state index contributed by atoms with van der Waals surface area (Å²) in [6, 6.07) is 2.26. The smallest absolute Gasteiger partial charge is 0.135 e. The van der Waals surface area contributed by atoms with E-state index >= 15 is 0 Å². The van der Waals surface area contributed by atoms with Crippen LogP contribution in [0.3, 0.4) is 0 Å². The lowest BCUT2D eigenvalue weighted by Gasteiger charge is -2.34. The van der Waals surface area contributed by atoms with Gasteiger partial charge in [-0.1, -0.05) is 38.3 Å². The van der Waals surface area contributed by atoms with Crippen molar-refractivity contribution < 1.29 is 4.74 Å². The number of rotatable bonds is 6. The minimum atomic E-state index is 0.362. The van der Waals surface area contributed by atoms with Crippen molar-refractivity contribution in [3.8, 4) is 0 Å². The molecule has 3 rings (SSSR count). The van der Waals surface area contributed by atoms with Crippen molar-refractivity contribution in [1.29, 1.82) is 0 Å². The Labute approximate surface area is 138 Å². The Morgan fingerprint density at radius 2 is 2.05 bits per heavy atom. The Bertz CT molecular complexity index is 503. The van der Waals surface area contributed by atoms with Gasteiger partial charge >= 0.3 is 0 Å². The van der Waals surface area contributed by atoms with Crippen LogP contribution in [0.2, 0.25) is 5.15 Å². The Morgan fingerprint density at radius 1 is 1.27 bits per heavy atom. The highest BCUT2D eigenvalue weighted by Gasteiger charge is 2.29. The molecule has 1 saturated heterocycles. The van der Waals surface area contributed by atoms with E-state index in [9.17, 15) is 0 Å². The predicted octanol–water partition coefficient (Wildman–Crippen LogP) is 4.40. The summed E-state index contributed by atoms with van der Waals surface area (Å²) >= 11 is 6.15. The summed E-state index contributed by atoms with van der Waals surface area (Å²) in [7, 11) is 0. The van der Waals surface area contributed by atoms with Crippen molar-refractivity contribution in [2.75, 3.05) is 11.9 Å². The molecule has 5 heteroatoms. The summed E-state index contributed by atoms with van der Waals surface area (Å²) in [6.07, 6.45) is 7.17. The molecule has 0 radical (unpaired) electrons. The van der Waals surface area contributed by atoms with Crippen LogP contribution in [0.15, 0.2) is 6.07 Å². The van der Waals surface area contributed by atoms with Gasteiger partial charge in [0.05, 0.1) is 6.10 Å². The summed E-state index contributed by atoms with van der Waals surface area (Å²) in [5.41, 5.74) is 0. The molecular weight excluding hydrogens is 298 g/mol. The average Bonchev–Trinajstić information content (AvgIpc) is 3.33. The third-order valence-corrected chi connectivity index (χ3v) is 5.09. The number of aromatic nitrogens is 2. The first kappa shape index (κ1) is 16.0. The first-order chi connectivity index (χ1) is 10.7. The molecule has 2 atom stereocenters. The Morgan fingerprint density at radius 3 is 2.73 bits per heavy atom. The maximum absolute atomic E-state index is 6.15. The third kappa shape index (κ3) is 3.90. The number of halogens is 1. The molecule has 0 bridgehead atoms. The second-order valence-corrected chi connectivity index (χ2v) is 6.95. The van der Waals surface area contributed by atoms with Gasteiger partial charge < -0.3 is 10.1 Å². The van der Waals surface area contributed by atoms with Gasteiger partial charge in [0.2, 0.25) is 0 Å². The molecule has 2 aliphatic rings. The molecular formula is C17H26ClN3O. The third-order valence-electron chi connectivity index (χ3n) is 4.90. The minimum Gasteiger partial charge on any atom is -0.378 e. The van der Waals surface area contributed by atoms with Gasteiger partial charge in [0.25, 0.3) is 0 Å². The molecule has 1 saturated carbocycles. The monoisotopic (exact) mass is 323 g/mol. The summed E-state index contributed by atoms with van der Waals surface area (Å²) in [5.74, 6) is 2.95. The maximum atomic E-state index is 6.15. The van der Waals surface area contributed by atoms with Crippen molar-refractivity contribution >= 4 is 17.4 Å². The fourth-order valence-corrected chi connectivity index (χ4v) is 3.53. The van der Waals surface area contributed by atoms with Crippen LogP contribution in [0.1, 0.15) is 64.1 Å². The van der Waals surface area contributed by atoms with E-state index in [1.54, 1.807) is 0 Å². The van der Waals surface area contributed by atoms with Crippen LogP contribution in [0.4, 0.5) is 5.82 Å². The molecule has 2 unspecified atom stereocenters. The van der Waals surface area contributed by atoms with Crippen molar-refractivity contribution in [1.82, 2.24) is 9.97 Å². The largest absolute Gasteiger partial charge is 0.378 e. The van der Waals surface area contributed by atoms with Crippen LogP contribution >= 0.6 is 11.6 Å². The van der Waals surface area contributed by atoms with E-state index in [2.05, 4.69) is 29.1 Å². The van der Waals surface area contributed by atoms with Crippen LogP contribution in [0, 0.1) is 5.92 Å². The molecule has 0 spiro atoms. The van der Waals surface area contributed by atoms with Gasteiger partial charge in [-0.05, 0) is 31.6 Å². The zero-order valence-electron chi connectivity index (χ0n) is 13.5. The molecule has 2 fully saturated rings. The highest BCUT2D eigenvalue weighted by Crippen LogP contribution is 2.39. The lowest BCUT2D eigenvalue weighted by atomic mass is 9.89. The zero-order valence-corrected chi connectivity index (χ0v) is 14.3. The standard InChI is InChI=1S/C17H26ClN3O/c1-3-11(4-2)14-9-13(7-8-22-14)19-16-10-15(18)20-17(21-16)12-5-6-12/h10-14H,3-9H2,1-2H3,(H,19,20,21). The Kier molecular flexibility index (Phi) is 5.19. The molecule has 22 heavy (non-hydrogen) atoms. The molecule has 0 aromatic carbocycles. The molecule has 1 aliphatic carbocycles. The average molecular weight is 324 g/mol. The van der Waals surface area contributed by atoms with E-state index in [0.29, 0.717) is 29.1 Å². The molecule has 122 valence electrons. The van der Waals surface area contributed by atoms with E-state index in [1.807, 2.05) is 6.07 Å². The summed E-state index contributed by atoms with van der Waals surface area (Å²) in [4.78, 5) is 9.00. The Balaban J connectivity index is 1.65. The Hall–Kier alpha value is -0.870. The van der Waals surface area contributed by atoms with E-state index in [4.69, 9.17) is 16.3 Å². The highest BCUT2D eigenvalue weighted by molar-refractivity contribution is 6.29. The van der Waals surface area contributed by atoms with Crippen LogP contribution in [0.25, 0.3) is 0 Å². The fraction of sp³-hybridized carbons (Fsp3) is 0.765. The topological polar surface area (TPSA) is 47.0 Å². The molecule has 4 nitrogen and oxygen atoms in total. The lowest BCUT2D eigenvalue weighted by Crippen LogP contribution is -2.38. The molecule has 1 aliphatic heterocycles. The molecule has 1 aromatic heterocycles. The van der Waals surface area contributed by atoms with Gasteiger partial charge in [-0.15, -0.1) is 0 Å². The zero-order chi connectivity index (χ0) is 15.5. The minimum absolute atomic E-state index is 0.362. The van der Waals surface area contributed by atoms with Crippen molar-refractivity contribution in [2.24, 2.45) is 5.92 Å². The van der Waals surface area contributed by atoms with Gasteiger partial charge in [-0.3, -0.25) is 0 Å². The van der Waals surface area contributed by atoms with Gasteiger partial charge in [0.15, 0.2) is 0 Å². The van der Waals surface area contributed by atoms with Crippen molar-refractivity contribution in [3.05, 3.63) is 17.0 Å². The van der Waals surface area contributed by atoms with E-state index < -0.39 is 0 Å². The van der Waals surface area contributed by atoms with Gasteiger partial charge in [0.1, 0.15) is 16.8 Å². The molecule has 2 heterocycles. The number of hydrogen-bond donors (Lipinski definition) is 1.